The standard InChI is InChI=1S/C10H16O/c1-9(11)7-8-10-5-3-2-4-6-10/h2-3,10H,4-8H2,1H3. The molecule has 0 saturated heterocycles. The average Bonchev–Trinajstić information content (AvgIpc) is 2.03. The number of hydrogen-bond donors (Lipinski definition) is 0. The van der Waals surface area contributed by atoms with Crippen molar-refractivity contribution in [1.29, 1.82) is 0 Å². The molecule has 0 N–H and O–H groups in total. The Bertz CT molecular complexity index is 158. The number of carbonyl (C=O) groups is 1. The van der Waals surface area contributed by atoms with Crippen LogP contribution in [0.1, 0.15) is 39.0 Å². The van der Waals surface area contributed by atoms with Crippen LogP contribution < -0.4 is 0 Å². The first-order chi connectivity index (χ1) is 5.29. The van der Waals surface area contributed by atoms with Gasteiger partial charge in [0, 0.05) is 6.42 Å². The minimum Gasteiger partial charge on any atom is -0.300 e. The molecule has 0 heterocycles. The fraction of sp³-hybridized carbons (Fsp3) is 0.700. The highest BCUT2D eigenvalue weighted by atomic mass is 16.1. The zero-order valence-electron chi connectivity index (χ0n) is 7.18. The van der Waals surface area contributed by atoms with Crippen LogP contribution in [0.5, 0.6) is 0 Å². The molecule has 1 aliphatic carbocycles. The molecule has 1 unspecified atom stereocenters. The summed E-state index contributed by atoms with van der Waals surface area (Å²) in [5.74, 6) is 1.11. The van der Waals surface area contributed by atoms with Crippen LogP contribution >= 0.6 is 0 Å². The van der Waals surface area contributed by atoms with E-state index in [-0.39, 0.29) is 0 Å². The van der Waals surface area contributed by atoms with Gasteiger partial charge in [0.2, 0.25) is 0 Å². The molecule has 62 valence electrons. The highest BCUT2D eigenvalue weighted by Crippen LogP contribution is 2.22. The number of Topliss-reactive ketones (excluding diaryl/α,β-unsaturated/α-hetero) is 1. The van der Waals surface area contributed by atoms with Crippen molar-refractivity contribution in [3.8, 4) is 0 Å². The molecule has 0 radical (unpaired) electrons. The van der Waals surface area contributed by atoms with E-state index in [1.165, 1.54) is 19.3 Å². The fourth-order valence-electron chi connectivity index (χ4n) is 1.53. The Morgan fingerprint density at radius 2 is 2.36 bits per heavy atom. The van der Waals surface area contributed by atoms with Gasteiger partial charge in [-0.1, -0.05) is 12.2 Å². The summed E-state index contributed by atoms with van der Waals surface area (Å²) in [6.45, 7) is 1.68. The van der Waals surface area contributed by atoms with Gasteiger partial charge in [-0.3, -0.25) is 0 Å². The molecule has 0 aliphatic heterocycles. The summed E-state index contributed by atoms with van der Waals surface area (Å²) >= 11 is 0. The molecule has 1 aliphatic rings. The first kappa shape index (κ1) is 8.51. The van der Waals surface area contributed by atoms with Gasteiger partial charge in [0.05, 0.1) is 0 Å². The van der Waals surface area contributed by atoms with Gasteiger partial charge in [-0.25, -0.2) is 0 Å². The van der Waals surface area contributed by atoms with E-state index in [2.05, 4.69) is 12.2 Å². The van der Waals surface area contributed by atoms with Gasteiger partial charge in [0.1, 0.15) is 5.78 Å². The van der Waals surface area contributed by atoms with Crippen molar-refractivity contribution in [3.05, 3.63) is 12.2 Å². The van der Waals surface area contributed by atoms with Gasteiger partial charge in [0.25, 0.3) is 0 Å². The summed E-state index contributed by atoms with van der Waals surface area (Å²) in [5.41, 5.74) is 0. The normalized spacial score (nSPS) is 23.5. The maximum Gasteiger partial charge on any atom is 0.129 e. The van der Waals surface area contributed by atoms with Crippen LogP contribution in [0.25, 0.3) is 0 Å². The van der Waals surface area contributed by atoms with Crippen molar-refractivity contribution >= 4 is 5.78 Å². The Hall–Kier alpha value is -0.590. The molecular weight excluding hydrogens is 136 g/mol. The summed E-state index contributed by atoms with van der Waals surface area (Å²) in [4.78, 5) is 10.7. The van der Waals surface area contributed by atoms with Crippen molar-refractivity contribution in [2.75, 3.05) is 0 Å². The molecule has 0 aromatic heterocycles. The van der Waals surface area contributed by atoms with Gasteiger partial charge in [-0.15, -0.1) is 0 Å². The molecule has 0 fully saturated rings. The summed E-state index contributed by atoms with van der Waals surface area (Å²) in [6, 6.07) is 0. The predicted octanol–water partition coefficient (Wildman–Crippen LogP) is 2.71. The summed E-state index contributed by atoms with van der Waals surface area (Å²) in [5, 5.41) is 0. The molecule has 1 heteroatoms. The summed E-state index contributed by atoms with van der Waals surface area (Å²) in [7, 11) is 0. The monoisotopic (exact) mass is 152 g/mol. The third kappa shape index (κ3) is 3.35. The zero-order valence-corrected chi connectivity index (χ0v) is 7.18. The lowest BCUT2D eigenvalue weighted by Gasteiger charge is -2.16. The Labute approximate surface area is 68.5 Å². The first-order valence-electron chi connectivity index (χ1n) is 4.43. The third-order valence-electron chi connectivity index (χ3n) is 2.28. The van der Waals surface area contributed by atoms with E-state index in [0.717, 1.165) is 18.8 Å². The lowest BCUT2D eigenvalue weighted by atomic mass is 9.90. The molecule has 0 aromatic rings. The second-order valence-electron chi connectivity index (χ2n) is 3.39. The Balaban J connectivity index is 2.16. The van der Waals surface area contributed by atoms with Crippen molar-refractivity contribution in [1.82, 2.24) is 0 Å². The SMILES string of the molecule is CC(=O)CCC1CC=CCC1. The third-order valence-corrected chi connectivity index (χ3v) is 2.28. The quantitative estimate of drug-likeness (QED) is 0.568. The van der Waals surface area contributed by atoms with Crippen LogP contribution in [0, 0.1) is 5.92 Å². The van der Waals surface area contributed by atoms with Crippen molar-refractivity contribution in [3.63, 3.8) is 0 Å². The lowest BCUT2D eigenvalue weighted by molar-refractivity contribution is -0.117. The smallest absolute Gasteiger partial charge is 0.129 e. The number of hydrogen-bond acceptors (Lipinski definition) is 1. The van der Waals surface area contributed by atoms with Crippen LogP contribution in [0.2, 0.25) is 0 Å². The van der Waals surface area contributed by atoms with E-state index in [1.54, 1.807) is 6.92 Å². The lowest BCUT2D eigenvalue weighted by Crippen LogP contribution is -2.04. The van der Waals surface area contributed by atoms with Gasteiger partial charge in [-0.05, 0) is 38.5 Å². The number of ketones is 1. The van der Waals surface area contributed by atoms with E-state index in [9.17, 15) is 4.79 Å². The summed E-state index contributed by atoms with van der Waals surface area (Å²) in [6.07, 6.45) is 10.0. The number of allylic oxidation sites excluding steroid dienone is 2. The molecule has 1 rings (SSSR count). The van der Waals surface area contributed by atoms with Crippen LogP contribution in [-0.4, -0.2) is 5.78 Å². The van der Waals surface area contributed by atoms with Gasteiger partial charge in [-0.2, -0.15) is 0 Å². The molecule has 0 spiro atoms. The van der Waals surface area contributed by atoms with Crippen LogP contribution in [0.15, 0.2) is 12.2 Å². The maximum atomic E-state index is 10.7. The number of rotatable bonds is 3. The minimum atomic E-state index is 0.333. The highest BCUT2D eigenvalue weighted by molar-refractivity contribution is 5.75. The van der Waals surface area contributed by atoms with E-state index >= 15 is 0 Å². The molecule has 0 amide bonds. The second kappa shape index (κ2) is 4.32. The Morgan fingerprint density at radius 1 is 1.55 bits per heavy atom. The predicted molar refractivity (Wildman–Crippen MR) is 46.4 cm³/mol. The average molecular weight is 152 g/mol. The number of carbonyl (C=O) groups excluding carboxylic acids is 1. The van der Waals surface area contributed by atoms with Crippen LogP contribution in [0.3, 0.4) is 0 Å². The van der Waals surface area contributed by atoms with Gasteiger partial charge in [0.15, 0.2) is 0 Å². The second-order valence-corrected chi connectivity index (χ2v) is 3.39. The summed E-state index contributed by atoms with van der Waals surface area (Å²) < 4.78 is 0. The Morgan fingerprint density at radius 3 is 2.91 bits per heavy atom. The van der Waals surface area contributed by atoms with Crippen LogP contribution in [0.4, 0.5) is 0 Å². The van der Waals surface area contributed by atoms with E-state index in [4.69, 9.17) is 0 Å². The topological polar surface area (TPSA) is 17.1 Å². The molecule has 0 aromatic carbocycles. The van der Waals surface area contributed by atoms with Crippen LogP contribution in [-0.2, 0) is 4.79 Å². The zero-order chi connectivity index (χ0) is 8.10. The maximum absolute atomic E-state index is 10.7. The molecule has 0 saturated carbocycles. The molecule has 0 bridgehead atoms. The minimum absolute atomic E-state index is 0.333. The van der Waals surface area contributed by atoms with Gasteiger partial charge >= 0.3 is 0 Å². The molecule has 1 atom stereocenters. The highest BCUT2D eigenvalue weighted by Gasteiger charge is 2.09. The van der Waals surface area contributed by atoms with Gasteiger partial charge < -0.3 is 4.79 Å². The van der Waals surface area contributed by atoms with Crippen molar-refractivity contribution in [2.24, 2.45) is 5.92 Å². The van der Waals surface area contributed by atoms with E-state index < -0.39 is 0 Å². The fourth-order valence-corrected chi connectivity index (χ4v) is 1.53. The molecular formula is C10H16O. The van der Waals surface area contributed by atoms with Crippen molar-refractivity contribution < 1.29 is 4.79 Å². The first-order valence-corrected chi connectivity index (χ1v) is 4.43. The Kier molecular flexibility index (Phi) is 3.34. The van der Waals surface area contributed by atoms with Crippen molar-refractivity contribution in [2.45, 2.75) is 39.0 Å². The molecule has 11 heavy (non-hydrogen) atoms. The van der Waals surface area contributed by atoms with E-state index in [0.29, 0.717) is 5.78 Å². The largest absolute Gasteiger partial charge is 0.300 e. The molecule has 1 nitrogen and oxygen atoms in total. The van der Waals surface area contributed by atoms with E-state index in [1.807, 2.05) is 0 Å².